The van der Waals surface area contributed by atoms with Crippen molar-refractivity contribution in [2.45, 2.75) is 6.54 Å². The van der Waals surface area contributed by atoms with Crippen LogP contribution < -0.4 is 5.32 Å². The highest BCUT2D eigenvalue weighted by atomic mass is 127. The summed E-state index contributed by atoms with van der Waals surface area (Å²) in [6.07, 6.45) is 3.50. The van der Waals surface area contributed by atoms with Gasteiger partial charge >= 0.3 is 0 Å². The fourth-order valence-electron chi connectivity index (χ4n) is 1.18. The number of imidazole rings is 1. The van der Waals surface area contributed by atoms with E-state index in [-0.39, 0.29) is 0 Å². The predicted octanol–water partition coefficient (Wildman–Crippen LogP) is 3.39. The lowest BCUT2D eigenvalue weighted by Crippen LogP contribution is -1.99. The lowest BCUT2D eigenvalue weighted by molar-refractivity contribution is 1.07. The smallest absolute Gasteiger partial charge is 0.0922 e. The van der Waals surface area contributed by atoms with E-state index < -0.39 is 0 Å². The average molecular weight is 378 g/mol. The zero-order valence-electron chi connectivity index (χ0n) is 7.80. The van der Waals surface area contributed by atoms with Crippen LogP contribution in [0.4, 0.5) is 5.69 Å². The topological polar surface area (TPSA) is 40.7 Å². The van der Waals surface area contributed by atoms with Crippen LogP contribution in [0.25, 0.3) is 0 Å². The zero-order valence-corrected chi connectivity index (χ0v) is 11.5. The maximum Gasteiger partial charge on any atom is 0.0922 e. The Bertz CT molecular complexity index is 442. The van der Waals surface area contributed by atoms with E-state index in [9.17, 15) is 0 Å². The molecule has 0 bridgehead atoms. The van der Waals surface area contributed by atoms with E-state index in [4.69, 9.17) is 0 Å². The first-order valence-electron chi connectivity index (χ1n) is 4.42. The molecule has 0 atom stereocenters. The number of rotatable bonds is 3. The molecule has 2 rings (SSSR count). The molecule has 0 aliphatic rings. The van der Waals surface area contributed by atoms with Crippen LogP contribution in [0.2, 0.25) is 0 Å². The largest absolute Gasteiger partial charge is 0.379 e. The van der Waals surface area contributed by atoms with E-state index in [1.807, 2.05) is 18.3 Å². The van der Waals surface area contributed by atoms with Crippen molar-refractivity contribution in [1.29, 1.82) is 0 Å². The molecular weight excluding hydrogens is 369 g/mol. The van der Waals surface area contributed by atoms with Gasteiger partial charge in [-0.25, -0.2) is 4.98 Å². The molecule has 2 N–H and O–H groups in total. The van der Waals surface area contributed by atoms with Crippen LogP contribution in [0.1, 0.15) is 5.69 Å². The van der Waals surface area contributed by atoms with Crippen molar-refractivity contribution in [2.24, 2.45) is 0 Å². The molecule has 0 fully saturated rings. The van der Waals surface area contributed by atoms with E-state index in [2.05, 4.69) is 59.9 Å². The molecule has 78 valence electrons. The van der Waals surface area contributed by atoms with Gasteiger partial charge in [-0.2, -0.15) is 0 Å². The maximum atomic E-state index is 3.96. The Morgan fingerprint density at radius 1 is 1.47 bits per heavy atom. The molecule has 1 aromatic heterocycles. The number of anilines is 1. The zero-order chi connectivity index (χ0) is 10.7. The van der Waals surface area contributed by atoms with Crippen LogP contribution in [0.15, 0.2) is 35.2 Å². The third kappa shape index (κ3) is 2.94. The van der Waals surface area contributed by atoms with E-state index in [1.165, 1.54) is 3.57 Å². The summed E-state index contributed by atoms with van der Waals surface area (Å²) < 4.78 is 2.32. The molecule has 1 heterocycles. The molecule has 0 amide bonds. The maximum absolute atomic E-state index is 3.96. The Morgan fingerprint density at radius 3 is 3.00 bits per heavy atom. The first kappa shape index (κ1) is 10.9. The molecule has 0 unspecified atom stereocenters. The second-order valence-electron chi connectivity index (χ2n) is 3.06. The van der Waals surface area contributed by atoms with E-state index in [1.54, 1.807) is 6.33 Å². The van der Waals surface area contributed by atoms with Gasteiger partial charge in [-0.15, -0.1) is 0 Å². The van der Waals surface area contributed by atoms with Crippen molar-refractivity contribution in [3.63, 3.8) is 0 Å². The predicted molar refractivity (Wildman–Crippen MR) is 72.8 cm³/mol. The third-order valence-electron chi connectivity index (χ3n) is 1.96. The van der Waals surface area contributed by atoms with Gasteiger partial charge in [0.05, 0.1) is 18.6 Å². The fourth-order valence-corrected chi connectivity index (χ4v) is 1.95. The molecule has 0 spiro atoms. The van der Waals surface area contributed by atoms with Crippen LogP contribution in [-0.4, -0.2) is 9.97 Å². The lowest BCUT2D eigenvalue weighted by Gasteiger charge is -2.05. The van der Waals surface area contributed by atoms with Crippen molar-refractivity contribution in [1.82, 2.24) is 9.97 Å². The minimum atomic E-state index is 0.762. The molecule has 0 saturated carbocycles. The van der Waals surface area contributed by atoms with Gasteiger partial charge in [-0.05, 0) is 56.7 Å². The van der Waals surface area contributed by atoms with Crippen molar-refractivity contribution in [2.75, 3.05) is 5.32 Å². The SMILES string of the molecule is Brc1ccc(NCc2cnc[nH]2)cc1I. The highest BCUT2D eigenvalue weighted by molar-refractivity contribution is 14.1. The standard InChI is InChI=1S/C10H9BrIN3/c11-9-2-1-7(3-10(9)12)14-5-8-4-13-6-15-8/h1-4,6,14H,5H2,(H,13,15). The van der Waals surface area contributed by atoms with Crippen LogP contribution >= 0.6 is 38.5 Å². The van der Waals surface area contributed by atoms with Crippen LogP contribution in [0.5, 0.6) is 0 Å². The summed E-state index contributed by atoms with van der Waals surface area (Å²) in [6.45, 7) is 0.762. The number of nitrogens with zero attached hydrogens (tertiary/aromatic N) is 1. The number of H-pyrrole nitrogens is 1. The molecule has 1 aromatic carbocycles. The van der Waals surface area contributed by atoms with E-state index in [0.717, 1.165) is 22.4 Å². The number of benzene rings is 1. The Kier molecular flexibility index (Phi) is 3.63. The van der Waals surface area contributed by atoms with Gasteiger partial charge in [0.2, 0.25) is 0 Å². The van der Waals surface area contributed by atoms with Gasteiger partial charge in [0, 0.05) is 19.9 Å². The molecule has 0 saturated heterocycles. The highest BCUT2D eigenvalue weighted by Gasteiger charge is 1.98. The van der Waals surface area contributed by atoms with Gasteiger partial charge in [0.1, 0.15) is 0 Å². The average Bonchev–Trinajstić information content (AvgIpc) is 2.73. The van der Waals surface area contributed by atoms with Crippen molar-refractivity contribution >= 4 is 44.2 Å². The summed E-state index contributed by atoms with van der Waals surface area (Å²) in [5.74, 6) is 0. The molecule has 2 aromatic rings. The molecule has 0 aliphatic heterocycles. The number of hydrogen-bond acceptors (Lipinski definition) is 2. The van der Waals surface area contributed by atoms with Crippen molar-refractivity contribution in [3.8, 4) is 0 Å². The third-order valence-corrected chi connectivity index (χ3v) is 4.28. The summed E-state index contributed by atoms with van der Waals surface area (Å²) in [6, 6.07) is 6.18. The fraction of sp³-hybridized carbons (Fsp3) is 0.100. The monoisotopic (exact) mass is 377 g/mol. The molecule has 3 nitrogen and oxygen atoms in total. The Hall–Kier alpha value is -0.560. The molecule has 0 aliphatic carbocycles. The van der Waals surface area contributed by atoms with Crippen LogP contribution in [-0.2, 0) is 6.54 Å². The summed E-state index contributed by atoms with van der Waals surface area (Å²) >= 11 is 5.76. The number of halogens is 2. The highest BCUT2D eigenvalue weighted by Crippen LogP contribution is 2.22. The molecular formula is C10H9BrIN3. The summed E-state index contributed by atoms with van der Waals surface area (Å²) in [7, 11) is 0. The lowest BCUT2D eigenvalue weighted by atomic mass is 10.3. The summed E-state index contributed by atoms with van der Waals surface area (Å²) in [5, 5.41) is 3.32. The number of nitrogens with one attached hydrogen (secondary N) is 2. The second-order valence-corrected chi connectivity index (χ2v) is 5.08. The normalized spacial score (nSPS) is 10.3. The van der Waals surface area contributed by atoms with E-state index in [0.29, 0.717) is 0 Å². The van der Waals surface area contributed by atoms with Crippen molar-refractivity contribution < 1.29 is 0 Å². The first-order chi connectivity index (χ1) is 7.25. The van der Waals surface area contributed by atoms with Crippen molar-refractivity contribution in [3.05, 3.63) is 44.5 Å². The van der Waals surface area contributed by atoms with Gasteiger partial charge in [0.15, 0.2) is 0 Å². The van der Waals surface area contributed by atoms with E-state index >= 15 is 0 Å². The van der Waals surface area contributed by atoms with Crippen LogP contribution in [0.3, 0.4) is 0 Å². The second kappa shape index (κ2) is 4.98. The Balaban J connectivity index is 2.02. The Labute approximate surface area is 110 Å². The first-order valence-corrected chi connectivity index (χ1v) is 6.29. The number of aromatic nitrogens is 2. The van der Waals surface area contributed by atoms with Crippen LogP contribution in [0, 0.1) is 3.57 Å². The van der Waals surface area contributed by atoms with Gasteiger partial charge in [0.25, 0.3) is 0 Å². The number of hydrogen-bond donors (Lipinski definition) is 2. The minimum Gasteiger partial charge on any atom is -0.379 e. The van der Waals surface area contributed by atoms with Gasteiger partial charge in [-0.1, -0.05) is 0 Å². The summed E-state index contributed by atoms with van der Waals surface area (Å²) in [5.41, 5.74) is 2.19. The number of aromatic amines is 1. The molecule has 5 heteroatoms. The van der Waals surface area contributed by atoms with Gasteiger partial charge < -0.3 is 10.3 Å². The quantitative estimate of drug-likeness (QED) is 0.805. The summed E-state index contributed by atoms with van der Waals surface area (Å²) in [4.78, 5) is 7.01. The Morgan fingerprint density at radius 2 is 2.33 bits per heavy atom. The molecule has 0 radical (unpaired) electrons. The minimum absolute atomic E-state index is 0.762. The molecule has 15 heavy (non-hydrogen) atoms. The van der Waals surface area contributed by atoms with Gasteiger partial charge in [-0.3, -0.25) is 0 Å².